The monoisotopic (exact) mass is 262 g/mol. The minimum atomic E-state index is 0.361. The average molecular weight is 264 g/mol. The fourth-order valence-electron chi connectivity index (χ4n) is 0.931. The van der Waals surface area contributed by atoms with Gasteiger partial charge in [0.2, 0.25) is 0 Å². The summed E-state index contributed by atoms with van der Waals surface area (Å²) in [6.45, 7) is 2.38. The summed E-state index contributed by atoms with van der Waals surface area (Å²) in [6.07, 6.45) is 0.704. The minimum absolute atomic E-state index is 0.361. The molecule has 0 heterocycles. The van der Waals surface area contributed by atoms with Crippen LogP contribution in [0.1, 0.15) is 17.3 Å². The van der Waals surface area contributed by atoms with Gasteiger partial charge in [0, 0.05) is 10.0 Å². The highest BCUT2D eigenvalue weighted by Gasteiger charge is 2.07. The van der Waals surface area contributed by atoms with Crippen LogP contribution in [-0.4, -0.2) is 12.9 Å². The van der Waals surface area contributed by atoms with Gasteiger partial charge in [-0.2, -0.15) is 0 Å². The first kappa shape index (κ1) is 10.5. The molecule has 70 valence electrons. The fourth-order valence-corrected chi connectivity index (χ4v) is 1.59. The molecule has 0 aliphatic heterocycles. The summed E-state index contributed by atoms with van der Waals surface area (Å²) in [4.78, 5) is 10.6. The van der Waals surface area contributed by atoms with Crippen LogP contribution in [0.25, 0.3) is 0 Å². The average Bonchev–Trinajstić information content (AvgIpc) is 2.11. The van der Waals surface area contributed by atoms with E-state index in [9.17, 15) is 4.79 Å². The number of benzene rings is 1. The van der Waals surface area contributed by atoms with Crippen molar-refractivity contribution in [1.29, 1.82) is 0 Å². The van der Waals surface area contributed by atoms with Gasteiger partial charge in [-0.3, -0.25) is 4.79 Å². The zero-order chi connectivity index (χ0) is 9.84. The Labute approximate surface area is 90.0 Å². The van der Waals surface area contributed by atoms with E-state index in [2.05, 4.69) is 15.9 Å². The number of aldehydes is 1. The van der Waals surface area contributed by atoms with E-state index in [1.165, 1.54) is 0 Å². The number of carbonyl (C=O) groups excluding carboxylic acids is 1. The second kappa shape index (κ2) is 4.63. The van der Waals surface area contributed by atoms with E-state index in [1.807, 2.05) is 6.92 Å². The second-order valence-corrected chi connectivity index (χ2v) is 3.65. The Morgan fingerprint density at radius 3 is 2.85 bits per heavy atom. The molecule has 13 heavy (non-hydrogen) atoms. The van der Waals surface area contributed by atoms with Gasteiger partial charge in [-0.1, -0.05) is 27.5 Å². The van der Waals surface area contributed by atoms with Crippen molar-refractivity contribution in [3.63, 3.8) is 0 Å². The quantitative estimate of drug-likeness (QED) is 0.782. The van der Waals surface area contributed by atoms with Gasteiger partial charge in [-0.15, -0.1) is 0 Å². The van der Waals surface area contributed by atoms with Crippen molar-refractivity contribution in [3.8, 4) is 5.75 Å². The van der Waals surface area contributed by atoms with Crippen molar-refractivity contribution in [2.75, 3.05) is 6.61 Å². The predicted molar refractivity (Wildman–Crippen MR) is 55.7 cm³/mol. The Hall–Kier alpha value is -0.540. The van der Waals surface area contributed by atoms with E-state index in [-0.39, 0.29) is 0 Å². The van der Waals surface area contributed by atoms with Crippen molar-refractivity contribution in [2.24, 2.45) is 0 Å². The highest BCUT2D eigenvalue weighted by atomic mass is 79.9. The van der Waals surface area contributed by atoms with Gasteiger partial charge in [0.15, 0.2) is 6.29 Å². The van der Waals surface area contributed by atoms with Gasteiger partial charge in [0.05, 0.1) is 11.6 Å². The normalized spacial score (nSPS) is 9.77. The van der Waals surface area contributed by atoms with Crippen LogP contribution in [0, 0.1) is 0 Å². The zero-order valence-electron chi connectivity index (χ0n) is 7.01. The number of hydrogen-bond donors (Lipinski definition) is 0. The standard InChI is InChI=1S/C9H8BrClO2/c1-2-13-8-4-7(10)3-6(5-12)9(8)11/h3-5H,2H2,1H3. The molecule has 0 fully saturated rings. The summed E-state index contributed by atoms with van der Waals surface area (Å²) in [6, 6.07) is 3.39. The first-order valence-corrected chi connectivity index (χ1v) is 4.93. The Morgan fingerprint density at radius 1 is 1.62 bits per heavy atom. The molecule has 0 saturated carbocycles. The van der Waals surface area contributed by atoms with E-state index < -0.39 is 0 Å². The lowest BCUT2D eigenvalue weighted by Gasteiger charge is -2.07. The molecule has 1 rings (SSSR count). The zero-order valence-corrected chi connectivity index (χ0v) is 9.35. The molecule has 0 amide bonds. The topological polar surface area (TPSA) is 26.3 Å². The molecule has 0 N–H and O–H groups in total. The maximum Gasteiger partial charge on any atom is 0.151 e. The highest BCUT2D eigenvalue weighted by Crippen LogP contribution is 2.31. The molecular formula is C9H8BrClO2. The van der Waals surface area contributed by atoms with Crippen molar-refractivity contribution < 1.29 is 9.53 Å². The molecule has 0 unspecified atom stereocenters. The van der Waals surface area contributed by atoms with Crippen LogP contribution in [0.5, 0.6) is 5.75 Å². The number of carbonyl (C=O) groups is 1. The third-order valence-electron chi connectivity index (χ3n) is 1.46. The van der Waals surface area contributed by atoms with Gasteiger partial charge < -0.3 is 4.74 Å². The fraction of sp³-hybridized carbons (Fsp3) is 0.222. The van der Waals surface area contributed by atoms with Crippen LogP contribution in [0.3, 0.4) is 0 Å². The van der Waals surface area contributed by atoms with Gasteiger partial charge in [-0.25, -0.2) is 0 Å². The number of hydrogen-bond acceptors (Lipinski definition) is 2. The van der Waals surface area contributed by atoms with E-state index in [4.69, 9.17) is 16.3 Å². The van der Waals surface area contributed by atoms with E-state index >= 15 is 0 Å². The van der Waals surface area contributed by atoms with Crippen LogP contribution < -0.4 is 4.74 Å². The van der Waals surface area contributed by atoms with Crippen molar-refractivity contribution in [3.05, 3.63) is 27.2 Å². The van der Waals surface area contributed by atoms with E-state index in [0.717, 1.165) is 4.47 Å². The molecule has 0 aromatic heterocycles. The number of halogens is 2. The summed E-state index contributed by atoms with van der Waals surface area (Å²) in [5.74, 6) is 0.528. The molecule has 0 aliphatic carbocycles. The smallest absolute Gasteiger partial charge is 0.151 e. The highest BCUT2D eigenvalue weighted by molar-refractivity contribution is 9.10. The Balaban J connectivity index is 3.18. The molecule has 1 aromatic carbocycles. The number of ether oxygens (including phenoxy) is 1. The summed E-state index contributed by atoms with van der Waals surface area (Å²) in [5.41, 5.74) is 0.430. The van der Waals surface area contributed by atoms with Gasteiger partial charge >= 0.3 is 0 Å². The maximum atomic E-state index is 10.6. The van der Waals surface area contributed by atoms with E-state index in [1.54, 1.807) is 12.1 Å². The van der Waals surface area contributed by atoms with Crippen LogP contribution in [0.15, 0.2) is 16.6 Å². The Kier molecular flexibility index (Phi) is 3.75. The molecule has 0 aliphatic rings. The summed E-state index contributed by atoms with van der Waals surface area (Å²) < 4.78 is 6.02. The molecule has 0 bridgehead atoms. The molecule has 0 atom stereocenters. The van der Waals surface area contributed by atoms with Gasteiger partial charge in [0.25, 0.3) is 0 Å². The predicted octanol–water partition coefficient (Wildman–Crippen LogP) is 3.31. The lowest BCUT2D eigenvalue weighted by atomic mass is 10.2. The number of rotatable bonds is 3. The largest absolute Gasteiger partial charge is 0.492 e. The molecule has 4 heteroatoms. The molecule has 0 radical (unpaired) electrons. The second-order valence-electron chi connectivity index (χ2n) is 2.36. The summed E-state index contributed by atoms with van der Waals surface area (Å²) >= 11 is 9.14. The lowest BCUT2D eigenvalue weighted by molar-refractivity contribution is 0.112. The first-order valence-electron chi connectivity index (χ1n) is 3.76. The van der Waals surface area contributed by atoms with Crippen LogP contribution in [-0.2, 0) is 0 Å². The van der Waals surface area contributed by atoms with Crippen LogP contribution >= 0.6 is 27.5 Å². The third-order valence-corrected chi connectivity index (χ3v) is 2.32. The lowest BCUT2D eigenvalue weighted by Crippen LogP contribution is -1.94. The molecule has 1 aromatic rings. The SMILES string of the molecule is CCOc1cc(Br)cc(C=O)c1Cl. The molecular weight excluding hydrogens is 255 g/mol. The Bertz CT molecular complexity index is 326. The third kappa shape index (κ3) is 2.45. The minimum Gasteiger partial charge on any atom is -0.492 e. The molecule has 2 nitrogen and oxygen atoms in total. The Morgan fingerprint density at radius 2 is 2.31 bits per heavy atom. The van der Waals surface area contributed by atoms with Crippen LogP contribution in [0.4, 0.5) is 0 Å². The molecule has 0 saturated heterocycles. The van der Waals surface area contributed by atoms with Crippen molar-refractivity contribution in [1.82, 2.24) is 0 Å². The summed E-state index contributed by atoms with van der Waals surface area (Å²) in [7, 11) is 0. The summed E-state index contributed by atoms with van der Waals surface area (Å²) in [5, 5.41) is 0.361. The molecule has 0 spiro atoms. The van der Waals surface area contributed by atoms with Gasteiger partial charge in [0.1, 0.15) is 5.75 Å². The maximum absolute atomic E-state index is 10.6. The van der Waals surface area contributed by atoms with Crippen molar-refractivity contribution >= 4 is 33.8 Å². The van der Waals surface area contributed by atoms with Crippen molar-refractivity contribution in [2.45, 2.75) is 6.92 Å². The van der Waals surface area contributed by atoms with E-state index in [0.29, 0.717) is 29.2 Å². The first-order chi connectivity index (χ1) is 6.19. The van der Waals surface area contributed by atoms with Gasteiger partial charge in [-0.05, 0) is 19.1 Å². The van der Waals surface area contributed by atoms with Crippen LogP contribution in [0.2, 0.25) is 5.02 Å².